The largest absolute Gasteiger partial charge is 0.313 e. The molecule has 1 heteroatoms. The van der Waals surface area contributed by atoms with E-state index in [2.05, 4.69) is 29.6 Å². The van der Waals surface area contributed by atoms with E-state index in [1.807, 2.05) is 0 Å². The minimum Gasteiger partial charge on any atom is -0.313 e. The Labute approximate surface area is 123 Å². The lowest BCUT2D eigenvalue weighted by Crippen LogP contribution is -2.40. The van der Waals surface area contributed by atoms with Crippen molar-refractivity contribution >= 4 is 0 Å². The maximum absolute atomic E-state index is 3.87. The van der Waals surface area contributed by atoms with Crippen LogP contribution in [0, 0.1) is 5.41 Å². The first-order valence-corrected chi connectivity index (χ1v) is 8.66. The summed E-state index contributed by atoms with van der Waals surface area (Å²) in [6.07, 6.45) is 13.2. The van der Waals surface area contributed by atoms with Gasteiger partial charge in [-0.2, -0.15) is 0 Å². The van der Waals surface area contributed by atoms with Crippen LogP contribution in [0.4, 0.5) is 0 Å². The Morgan fingerprint density at radius 1 is 1.00 bits per heavy atom. The molecule has 0 aromatic heterocycles. The molecule has 0 heterocycles. The number of benzene rings is 1. The second-order valence-corrected chi connectivity index (χ2v) is 7.49. The zero-order valence-corrected chi connectivity index (χ0v) is 12.5. The SMILES string of the molecule is c1ccc2c(c1)CC2CNC1CCC2(CCCC2)CC1. The second kappa shape index (κ2) is 5.18. The number of rotatable bonds is 3. The normalized spacial score (nSPS) is 28.3. The van der Waals surface area contributed by atoms with E-state index in [1.165, 1.54) is 64.3 Å². The van der Waals surface area contributed by atoms with Crippen LogP contribution in [-0.4, -0.2) is 12.6 Å². The molecule has 2 fully saturated rings. The van der Waals surface area contributed by atoms with E-state index in [9.17, 15) is 0 Å². The quantitative estimate of drug-likeness (QED) is 0.856. The molecule has 20 heavy (non-hydrogen) atoms. The van der Waals surface area contributed by atoms with Gasteiger partial charge in [0.05, 0.1) is 0 Å². The van der Waals surface area contributed by atoms with E-state index in [0.717, 1.165) is 17.4 Å². The predicted molar refractivity (Wildman–Crippen MR) is 84.0 cm³/mol. The van der Waals surface area contributed by atoms with Gasteiger partial charge in [-0.15, -0.1) is 0 Å². The smallest absolute Gasteiger partial charge is 0.00677 e. The average molecular weight is 269 g/mol. The molecule has 0 amide bonds. The van der Waals surface area contributed by atoms with Gasteiger partial charge in [0, 0.05) is 18.5 Å². The van der Waals surface area contributed by atoms with Crippen LogP contribution >= 0.6 is 0 Å². The van der Waals surface area contributed by atoms with Crippen LogP contribution in [0.3, 0.4) is 0 Å². The van der Waals surface area contributed by atoms with Crippen LogP contribution in [0.15, 0.2) is 24.3 Å². The van der Waals surface area contributed by atoms with Crippen molar-refractivity contribution < 1.29 is 0 Å². The molecular weight excluding hydrogens is 242 g/mol. The van der Waals surface area contributed by atoms with Gasteiger partial charge in [-0.05, 0) is 61.5 Å². The molecule has 0 bridgehead atoms. The van der Waals surface area contributed by atoms with Crippen LogP contribution in [0.25, 0.3) is 0 Å². The highest BCUT2D eigenvalue weighted by atomic mass is 14.9. The van der Waals surface area contributed by atoms with Crippen LogP contribution in [-0.2, 0) is 6.42 Å². The van der Waals surface area contributed by atoms with Gasteiger partial charge < -0.3 is 5.32 Å². The molecule has 1 aromatic rings. The van der Waals surface area contributed by atoms with Gasteiger partial charge in [-0.1, -0.05) is 37.1 Å². The van der Waals surface area contributed by atoms with Gasteiger partial charge >= 0.3 is 0 Å². The van der Waals surface area contributed by atoms with Crippen molar-refractivity contribution in [1.29, 1.82) is 0 Å². The van der Waals surface area contributed by atoms with Crippen molar-refractivity contribution in [2.75, 3.05) is 6.54 Å². The van der Waals surface area contributed by atoms with Crippen LogP contribution < -0.4 is 5.32 Å². The molecule has 108 valence electrons. The van der Waals surface area contributed by atoms with Gasteiger partial charge in [0.15, 0.2) is 0 Å². The fourth-order valence-corrected chi connectivity index (χ4v) is 4.91. The monoisotopic (exact) mass is 269 g/mol. The molecule has 0 radical (unpaired) electrons. The fourth-order valence-electron chi connectivity index (χ4n) is 4.91. The molecular formula is C19H27N. The van der Waals surface area contributed by atoms with Gasteiger partial charge in [0.1, 0.15) is 0 Å². The molecule has 1 aromatic carbocycles. The third-order valence-corrected chi connectivity index (χ3v) is 6.32. The van der Waals surface area contributed by atoms with Gasteiger partial charge in [-0.25, -0.2) is 0 Å². The summed E-state index contributed by atoms with van der Waals surface area (Å²) in [5.74, 6) is 0.786. The summed E-state index contributed by atoms with van der Waals surface area (Å²) in [6.45, 7) is 1.20. The molecule has 1 atom stereocenters. The molecule has 0 aliphatic heterocycles. The van der Waals surface area contributed by atoms with E-state index in [4.69, 9.17) is 0 Å². The van der Waals surface area contributed by atoms with E-state index in [1.54, 1.807) is 11.1 Å². The maximum Gasteiger partial charge on any atom is 0.00677 e. The lowest BCUT2D eigenvalue weighted by atomic mass is 9.71. The standard InChI is InChI=1S/C19H27N/c1-2-6-18-15(5-1)13-16(18)14-20-17-7-11-19(12-8-17)9-3-4-10-19/h1-2,5-6,16-17,20H,3-4,7-14H2. The molecule has 3 aliphatic carbocycles. The van der Waals surface area contributed by atoms with Gasteiger partial charge in [-0.3, -0.25) is 0 Å². The van der Waals surface area contributed by atoms with Gasteiger partial charge in [0.25, 0.3) is 0 Å². The first kappa shape index (κ1) is 12.9. The van der Waals surface area contributed by atoms with E-state index < -0.39 is 0 Å². The lowest BCUT2D eigenvalue weighted by molar-refractivity contribution is 0.167. The summed E-state index contributed by atoms with van der Waals surface area (Å²) >= 11 is 0. The highest BCUT2D eigenvalue weighted by Gasteiger charge is 2.37. The highest BCUT2D eigenvalue weighted by Crippen LogP contribution is 2.49. The topological polar surface area (TPSA) is 12.0 Å². The van der Waals surface area contributed by atoms with Crippen molar-refractivity contribution in [2.24, 2.45) is 5.41 Å². The molecule has 2 saturated carbocycles. The number of nitrogens with one attached hydrogen (secondary N) is 1. The fraction of sp³-hybridized carbons (Fsp3) is 0.684. The van der Waals surface area contributed by atoms with Crippen molar-refractivity contribution in [2.45, 2.75) is 69.7 Å². The average Bonchev–Trinajstić information content (AvgIpc) is 2.91. The van der Waals surface area contributed by atoms with E-state index in [0.29, 0.717) is 0 Å². The Morgan fingerprint density at radius 3 is 2.50 bits per heavy atom. The predicted octanol–water partition coefficient (Wildman–Crippen LogP) is 4.42. The van der Waals surface area contributed by atoms with E-state index in [-0.39, 0.29) is 0 Å². The first-order chi connectivity index (χ1) is 9.85. The Balaban J connectivity index is 1.26. The zero-order valence-electron chi connectivity index (χ0n) is 12.5. The summed E-state index contributed by atoms with van der Waals surface area (Å²) < 4.78 is 0. The zero-order chi connectivity index (χ0) is 13.4. The van der Waals surface area contributed by atoms with Crippen LogP contribution in [0.5, 0.6) is 0 Å². The van der Waals surface area contributed by atoms with Crippen molar-refractivity contribution in [3.8, 4) is 0 Å². The molecule has 4 rings (SSSR count). The second-order valence-electron chi connectivity index (χ2n) is 7.49. The molecule has 0 saturated heterocycles. The van der Waals surface area contributed by atoms with Gasteiger partial charge in [0.2, 0.25) is 0 Å². The molecule has 3 aliphatic rings. The third kappa shape index (κ3) is 2.30. The number of hydrogen-bond donors (Lipinski definition) is 1. The summed E-state index contributed by atoms with van der Waals surface area (Å²) in [4.78, 5) is 0. The first-order valence-electron chi connectivity index (χ1n) is 8.66. The summed E-state index contributed by atoms with van der Waals surface area (Å²) in [5.41, 5.74) is 3.96. The molecule has 1 unspecified atom stereocenters. The molecule has 1 nitrogen and oxygen atoms in total. The molecule has 1 spiro atoms. The Kier molecular flexibility index (Phi) is 3.34. The van der Waals surface area contributed by atoms with Crippen LogP contribution in [0.1, 0.15) is 68.4 Å². The summed E-state index contributed by atoms with van der Waals surface area (Å²) in [6, 6.07) is 9.77. The number of fused-ring (bicyclic) bond motifs is 1. The minimum atomic E-state index is 0.779. The van der Waals surface area contributed by atoms with Crippen molar-refractivity contribution in [3.63, 3.8) is 0 Å². The van der Waals surface area contributed by atoms with Crippen molar-refractivity contribution in [1.82, 2.24) is 5.32 Å². The Hall–Kier alpha value is -0.820. The van der Waals surface area contributed by atoms with E-state index >= 15 is 0 Å². The number of hydrogen-bond acceptors (Lipinski definition) is 1. The molecule has 1 N–H and O–H groups in total. The summed E-state index contributed by atoms with van der Waals surface area (Å²) in [5, 5.41) is 3.87. The Bertz CT molecular complexity index is 462. The lowest BCUT2D eigenvalue weighted by Gasteiger charge is -2.39. The van der Waals surface area contributed by atoms with Crippen molar-refractivity contribution in [3.05, 3.63) is 35.4 Å². The van der Waals surface area contributed by atoms with Crippen LogP contribution in [0.2, 0.25) is 0 Å². The third-order valence-electron chi connectivity index (χ3n) is 6.32. The maximum atomic E-state index is 3.87. The summed E-state index contributed by atoms with van der Waals surface area (Å²) in [7, 11) is 0. The minimum absolute atomic E-state index is 0.779. The highest BCUT2D eigenvalue weighted by molar-refractivity contribution is 5.40. The Morgan fingerprint density at radius 2 is 1.75 bits per heavy atom.